The van der Waals surface area contributed by atoms with Crippen molar-refractivity contribution in [2.75, 3.05) is 0 Å². The summed E-state index contributed by atoms with van der Waals surface area (Å²) in [5.74, 6) is 0.617. The van der Waals surface area contributed by atoms with E-state index in [0.717, 1.165) is 12.8 Å². The number of hydrogen-bond donors (Lipinski definition) is 1. The average Bonchev–Trinajstić information content (AvgIpc) is 2.77. The molecule has 14 heavy (non-hydrogen) atoms. The first-order valence-electron chi connectivity index (χ1n) is 4.39. The van der Waals surface area contributed by atoms with Crippen LogP contribution in [0, 0.1) is 0 Å². The predicted molar refractivity (Wildman–Crippen MR) is 50.4 cm³/mol. The molecule has 0 atom stereocenters. The lowest BCUT2D eigenvalue weighted by Gasteiger charge is -2.16. The molecule has 0 amide bonds. The van der Waals surface area contributed by atoms with Gasteiger partial charge in [0.25, 0.3) is 10.2 Å². The molecular weight excluding hydrogens is 204 g/mol. The zero-order chi connectivity index (χ0) is 10.2. The van der Waals surface area contributed by atoms with Gasteiger partial charge in [-0.3, -0.25) is 0 Å². The topological polar surface area (TPSA) is 76.5 Å². The van der Waals surface area contributed by atoms with E-state index >= 15 is 0 Å². The van der Waals surface area contributed by atoms with E-state index in [1.807, 2.05) is 0 Å². The highest BCUT2D eigenvalue weighted by molar-refractivity contribution is 7.86. The molecule has 0 radical (unpaired) electrons. The molecule has 78 valence electrons. The number of rotatable bonds is 4. The van der Waals surface area contributed by atoms with Gasteiger partial charge >= 0.3 is 0 Å². The van der Waals surface area contributed by atoms with Crippen molar-refractivity contribution in [2.45, 2.75) is 25.4 Å². The zero-order valence-corrected chi connectivity index (χ0v) is 8.40. The van der Waals surface area contributed by atoms with Gasteiger partial charge in [-0.05, 0) is 25.0 Å². The predicted octanol–water partition coefficient (Wildman–Crippen LogP) is 0.448. The van der Waals surface area contributed by atoms with Crippen LogP contribution in [-0.2, 0) is 16.8 Å². The number of hydrogen-bond acceptors (Lipinski definition) is 3. The summed E-state index contributed by atoms with van der Waals surface area (Å²) in [6.45, 7) is 0.233. The van der Waals surface area contributed by atoms with Crippen LogP contribution in [0.1, 0.15) is 18.6 Å². The van der Waals surface area contributed by atoms with E-state index in [2.05, 4.69) is 0 Å². The molecule has 2 rings (SSSR count). The summed E-state index contributed by atoms with van der Waals surface area (Å²) in [7, 11) is -3.60. The fraction of sp³-hybridized carbons (Fsp3) is 0.500. The summed E-state index contributed by atoms with van der Waals surface area (Å²) >= 11 is 0. The quantitative estimate of drug-likeness (QED) is 0.793. The Morgan fingerprint density at radius 2 is 2.29 bits per heavy atom. The molecule has 1 heterocycles. The first-order chi connectivity index (χ1) is 6.57. The van der Waals surface area contributed by atoms with Crippen molar-refractivity contribution >= 4 is 10.2 Å². The van der Waals surface area contributed by atoms with Crippen LogP contribution in [0.3, 0.4) is 0 Å². The molecule has 1 aliphatic rings. The molecule has 1 aromatic heterocycles. The van der Waals surface area contributed by atoms with Crippen molar-refractivity contribution < 1.29 is 12.8 Å². The summed E-state index contributed by atoms with van der Waals surface area (Å²) in [6, 6.07) is 3.53. The minimum Gasteiger partial charge on any atom is -0.468 e. The molecular formula is C8H12N2O3S. The van der Waals surface area contributed by atoms with E-state index in [0.29, 0.717) is 5.76 Å². The van der Waals surface area contributed by atoms with Gasteiger partial charge in [-0.2, -0.15) is 12.7 Å². The van der Waals surface area contributed by atoms with Gasteiger partial charge in [0.2, 0.25) is 0 Å². The molecule has 1 saturated carbocycles. The standard InChI is InChI=1S/C8H12N2O3S/c9-14(11,12)10(7-3-4-7)6-8-2-1-5-13-8/h1-2,5,7H,3-4,6H2,(H2,9,11,12). The van der Waals surface area contributed by atoms with Crippen molar-refractivity contribution in [1.29, 1.82) is 0 Å². The highest BCUT2D eigenvalue weighted by Gasteiger charge is 2.35. The molecule has 2 N–H and O–H groups in total. The van der Waals surface area contributed by atoms with Crippen molar-refractivity contribution in [2.24, 2.45) is 5.14 Å². The second kappa shape index (κ2) is 3.38. The SMILES string of the molecule is NS(=O)(=O)N(Cc1ccco1)C1CC1. The molecule has 0 saturated heterocycles. The second-order valence-electron chi connectivity index (χ2n) is 3.40. The zero-order valence-electron chi connectivity index (χ0n) is 7.59. The van der Waals surface area contributed by atoms with Crippen LogP contribution in [0.25, 0.3) is 0 Å². The third-order valence-corrected chi connectivity index (χ3v) is 3.25. The first kappa shape index (κ1) is 9.70. The van der Waals surface area contributed by atoms with Crippen LogP contribution in [0.4, 0.5) is 0 Å². The molecule has 5 nitrogen and oxygen atoms in total. The number of nitrogens with zero attached hydrogens (tertiary/aromatic N) is 1. The smallest absolute Gasteiger partial charge is 0.277 e. The van der Waals surface area contributed by atoms with E-state index < -0.39 is 10.2 Å². The Balaban J connectivity index is 2.13. The summed E-state index contributed by atoms with van der Waals surface area (Å²) in [5, 5.41) is 5.09. The molecule has 1 aliphatic carbocycles. The second-order valence-corrected chi connectivity index (χ2v) is 4.90. The fourth-order valence-corrected chi connectivity index (χ4v) is 2.28. The van der Waals surface area contributed by atoms with Gasteiger partial charge in [0.05, 0.1) is 12.8 Å². The Kier molecular flexibility index (Phi) is 2.34. The van der Waals surface area contributed by atoms with Crippen molar-refractivity contribution in [3.05, 3.63) is 24.2 Å². The van der Waals surface area contributed by atoms with Crippen molar-refractivity contribution in [3.63, 3.8) is 0 Å². The lowest BCUT2D eigenvalue weighted by atomic mass is 10.4. The third kappa shape index (κ3) is 2.14. The summed E-state index contributed by atoms with van der Waals surface area (Å²) in [5.41, 5.74) is 0. The van der Waals surface area contributed by atoms with Crippen molar-refractivity contribution in [1.82, 2.24) is 4.31 Å². The summed E-state index contributed by atoms with van der Waals surface area (Å²) in [4.78, 5) is 0. The summed E-state index contributed by atoms with van der Waals surface area (Å²) in [6.07, 6.45) is 3.29. The first-order valence-corrected chi connectivity index (χ1v) is 5.89. The maximum Gasteiger partial charge on any atom is 0.277 e. The Morgan fingerprint density at radius 1 is 1.57 bits per heavy atom. The third-order valence-electron chi connectivity index (χ3n) is 2.17. The van der Waals surface area contributed by atoms with Crippen LogP contribution in [0.15, 0.2) is 22.8 Å². The average molecular weight is 216 g/mol. The van der Waals surface area contributed by atoms with E-state index in [-0.39, 0.29) is 12.6 Å². The molecule has 6 heteroatoms. The Hall–Kier alpha value is -0.850. The minimum atomic E-state index is -3.60. The lowest BCUT2D eigenvalue weighted by Crippen LogP contribution is -2.37. The Labute approximate surface area is 82.7 Å². The Bertz CT molecular complexity index is 394. The maximum absolute atomic E-state index is 11.2. The summed E-state index contributed by atoms with van der Waals surface area (Å²) < 4.78 is 28.8. The Morgan fingerprint density at radius 3 is 2.71 bits per heavy atom. The highest BCUT2D eigenvalue weighted by atomic mass is 32.2. The van der Waals surface area contributed by atoms with E-state index in [1.54, 1.807) is 12.1 Å². The monoisotopic (exact) mass is 216 g/mol. The number of furan rings is 1. The molecule has 0 aliphatic heterocycles. The fourth-order valence-electron chi connectivity index (χ4n) is 1.35. The minimum absolute atomic E-state index is 0.0649. The van der Waals surface area contributed by atoms with E-state index in [9.17, 15) is 8.42 Å². The molecule has 0 bridgehead atoms. The molecule has 1 fully saturated rings. The normalized spacial score (nSPS) is 17.6. The van der Waals surface area contributed by atoms with Gasteiger partial charge < -0.3 is 4.42 Å². The maximum atomic E-state index is 11.2. The van der Waals surface area contributed by atoms with Gasteiger partial charge in [0.15, 0.2) is 0 Å². The van der Waals surface area contributed by atoms with Gasteiger partial charge in [-0.1, -0.05) is 0 Å². The largest absolute Gasteiger partial charge is 0.468 e. The van der Waals surface area contributed by atoms with E-state index in [4.69, 9.17) is 9.56 Å². The molecule has 0 unspecified atom stereocenters. The van der Waals surface area contributed by atoms with Gasteiger partial charge in [0.1, 0.15) is 5.76 Å². The highest BCUT2D eigenvalue weighted by Crippen LogP contribution is 2.29. The van der Waals surface area contributed by atoms with Crippen LogP contribution < -0.4 is 5.14 Å². The van der Waals surface area contributed by atoms with Crippen LogP contribution in [0.2, 0.25) is 0 Å². The molecule has 0 aromatic carbocycles. The van der Waals surface area contributed by atoms with Crippen LogP contribution >= 0.6 is 0 Å². The van der Waals surface area contributed by atoms with Crippen molar-refractivity contribution in [3.8, 4) is 0 Å². The van der Waals surface area contributed by atoms with Crippen LogP contribution in [0.5, 0.6) is 0 Å². The molecule has 1 aromatic rings. The number of nitrogens with two attached hydrogens (primary N) is 1. The van der Waals surface area contributed by atoms with Gasteiger partial charge in [-0.15, -0.1) is 0 Å². The van der Waals surface area contributed by atoms with Crippen LogP contribution in [-0.4, -0.2) is 18.8 Å². The van der Waals surface area contributed by atoms with Gasteiger partial charge in [-0.25, -0.2) is 5.14 Å². The van der Waals surface area contributed by atoms with E-state index in [1.165, 1.54) is 10.6 Å². The lowest BCUT2D eigenvalue weighted by molar-refractivity contribution is 0.357. The van der Waals surface area contributed by atoms with Gasteiger partial charge in [0, 0.05) is 6.04 Å². The molecule has 0 spiro atoms.